The molecule has 1 saturated carbocycles. The number of aliphatic hydroxyl groups excluding tert-OH is 1. The normalized spacial score (nSPS) is 16.9. The second kappa shape index (κ2) is 8.98. The number of nitrogens with one attached hydrogen (secondary N) is 2. The maximum Gasteiger partial charge on any atom is 0.224 e. The van der Waals surface area contributed by atoms with Crippen molar-refractivity contribution in [3.05, 3.63) is 18.2 Å². The van der Waals surface area contributed by atoms with Crippen molar-refractivity contribution in [1.29, 1.82) is 0 Å². The minimum absolute atomic E-state index is 0.00960. The number of rotatable bonds is 7. The van der Waals surface area contributed by atoms with Gasteiger partial charge in [0.15, 0.2) is 4.34 Å². The molecule has 0 spiro atoms. The lowest BCUT2D eigenvalue weighted by Gasteiger charge is -2.25. The second-order valence-electron chi connectivity index (χ2n) is 6.39. The molecule has 25 heavy (non-hydrogen) atoms. The van der Waals surface area contributed by atoms with E-state index in [1.165, 1.54) is 19.3 Å². The summed E-state index contributed by atoms with van der Waals surface area (Å²) in [6, 6.07) is 6.22. The van der Waals surface area contributed by atoms with E-state index in [1.807, 2.05) is 25.1 Å². The van der Waals surface area contributed by atoms with E-state index in [4.69, 9.17) is 0 Å². The zero-order valence-corrected chi connectivity index (χ0v) is 16.1. The van der Waals surface area contributed by atoms with Crippen LogP contribution >= 0.6 is 23.1 Å². The van der Waals surface area contributed by atoms with E-state index in [1.54, 1.807) is 23.1 Å². The van der Waals surface area contributed by atoms with Gasteiger partial charge in [0.1, 0.15) is 6.23 Å². The molecule has 1 heterocycles. The number of carbonyl (C=O) groups is 1. The summed E-state index contributed by atoms with van der Waals surface area (Å²) in [7, 11) is 0. The van der Waals surface area contributed by atoms with Crippen LogP contribution in [0, 0.1) is 0 Å². The summed E-state index contributed by atoms with van der Waals surface area (Å²) in [5.74, 6) is 0.603. The van der Waals surface area contributed by atoms with Crippen LogP contribution in [0.5, 0.6) is 0 Å². The molecule has 1 fully saturated rings. The Morgan fingerprint density at radius 1 is 1.40 bits per heavy atom. The third kappa shape index (κ3) is 5.41. The van der Waals surface area contributed by atoms with Crippen LogP contribution in [0.25, 0.3) is 10.2 Å². The molecule has 1 aliphatic rings. The minimum Gasteiger partial charge on any atom is -0.378 e. The summed E-state index contributed by atoms with van der Waals surface area (Å²) < 4.78 is 1.99. The maximum atomic E-state index is 11.5. The van der Waals surface area contributed by atoms with E-state index in [-0.39, 0.29) is 5.91 Å². The summed E-state index contributed by atoms with van der Waals surface area (Å²) in [4.78, 5) is 16.1. The van der Waals surface area contributed by atoms with Gasteiger partial charge in [0.05, 0.1) is 10.2 Å². The number of anilines is 1. The third-order valence-corrected chi connectivity index (χ3v) is 6.61. The van der Waals surface area contributed by atoms with Crippen LogP contribution in [0.3, 0.4) is 0 Å². The summed E-state index contributed by atoms with van der Waals surface area (Å²) in [6.07, 6.45) is 6.12. The molecule has 0 bridgehead atoms. The number of hydrogen-bond acceptors (Lipinski definition) is 6. The Balaban J connectivity index is 1.55. The van der Waals surface area contributed by atoms with Gasteiger partial charge in [-0.3, -0.25) is 10.1 Å². The zero-order chi connectivity index (χ0) is 17.6. The van der Waals surface area contributed by atoms with E-state index < -0.39 is 6.23 Å². The number of hydrogen-bond donors (Lipinski definition) is 3. The van der Waals surface area contributed by atoms with Crippen LogP contribution in [0.2, 0.25) is 0 Å². The molecule has 1 aliphatic carbocycles. The van der Waals surface area contributed by atoms with E-state index >= 15 is 0 Å². The quantitative estimate of drug-likeness (QED) is 0.501. The number of aliphatic hydroxyl groups is 1. The smallest absolute Gasteiger partial charge is 0.224 e. The summed E-state index contributed by atoms with van der Waals surface area (Å²) in [6.45, 7) is 1.84. The molecule has 0 aliphatic heterocycles. The van der Waals surface area contributed by atoms with Crippen LogP contribution in [-0.2, 0) is 4.79 Å². The first-order chi connectivity index (χ1) is 12.1. The molecule has 3 rings (SSSR count). The average molecular weight is 380 g/mol. The van der Waals surface area contributed by atoms with E-state index in [0.29, 0.717) is 18.2 Å². The first-order valence-corrected chi connectivity index (χ1v) is 10.7. The standard InChI is InChI=1S/C18H25N3O2S2/c1-2-16(22)20-13-8-9-14-15(10-13)25-18(21-14)24-11-17(23)19-12-6-4-3-5-7-12/h8-10,12,17,19,23H,2-7,11H2,1H3,(H,20,22). The SMILES string of the molecule is CCC(=O)Nc1ccc2nc(SCC(O)NC3CCCCC3)sc2c1. The lowest BCUT2D eigenvalue weighted by atomic mass is 9.95. The number of aromatic nitrogens is 1. The molecule has 1 unspecified atom stereocenters. The molecule has 1 aromatic heterocycles. The second-order valence-corrected chi connectivity index (χ2v) is 8.69. The fourth-order valence-electron chi connectivity index (χ4n) is 3.03. The zero-order valence-electron chi connectivity index (χ0n) is 14.5. The van der Waals surface area contributed by atoms with Gasteiger partial charge >= 0.3 is 0 Å². The van der Waals surface area contributed by atoms with E-state index in [9.17, 15) is 9.90 Å². The largest absolute Gasteiger partial charge is 0.378 e. The highest BCUT2D eigenvalue weighted by Crippen LogP contribution is 2.31. The first-order valence-electron chi connectivity index (χ1n) is 8.91. The van der Waals surface area contributed by atoms with Gasteiger partial charge in [-0.15, -0.1) is 11.3 Å². The minimum atomic E-state index is -0.500. The van der Waals surface area contributed by atoms with Gasteiger partial charge in [0, 0.05) is 23.9 Å². The van der Waals surface area contributed by atoms with E-state index in [0.717, 1.165) is 33.1 Å². The highest BCUT2D eigenvalue weighted by atomic mass is 32.2. The topological polar surface area (TPSA) is 74.2 Å². The van der Waals surface area contributed by atoms with Crippen LogP contribution in [-0.4, -0.2) is 34.0 Å². The molecule has 136 valence electrons. The van der Waals surface area contributed by atoms with Crippen molar-refractivity contribution in [2.45, 2.75) is 62.1 Å². The maximum absolute atomic E-state index is 11.5. The van der Waals surface area contributed by atoms with Gasteiger partial charge in [-0.25, -0.2) is 4.98 Å². The number of fused-ring (bicyclic) bond motifs is 1. The van der Waals surface area contributed by atoms with Crippen LogP contribution in [0.4, 0.5) is 5.69 Å². The highest BCUT2D eigenvalue weighted by molar-refractivity contribution is 8.01. The predicted octanol–water partition coefficient (Wildman–Crippen LogP) is 3.98. The number of carbonyl (C=O) groups excluding carboxylic acids is 1. The molecule has 1 aromatic carbocycles. The van der Waals surface area contributed by atoms with Crippen LogP contribution in [0.15, 0.2) is 22.5 Å². The Hall–Kier alpha value is -1.15. The van der Waals surface area contributed by atoms with Crippen molar-refractivity contribution in [3.63, 3.8) is 0 Å². The monoisotopic (exact) mass is 379 g/mol. The van der Waals surface area contributed by atoms with Crippen LogP contribution < -0.4 is 10.6 Å². The van der Waals surface area contributed by atoms with Gasteiger partial charge in [-0.1, -0.05) is 37.9 Å². The molecule has 2 aromatic rings. The fourth-order valence-corrected chi connectivity index (χ4v) is 5.04. The van der Waals surface area contributed by atoms with Crippen molar-refractivity contribution >= 4 is 44.9 Å². The fraction of sp³-hybridized carbons (Fsp3) is 0.556. The number of thiazole rings is 1. The van der Waals surface area contributed by atoms with Gasteiger partial charge in [-0.05, 0) is 31.0 Å². The summed E-state index contributed by atoms with van der Waals surface area (Å²) in [5.41, 5.74) is 1.73. The van der Waals surface area contributed by atoms with Crippen molar-refractivity contribution in [3.8, 4) is 0 Å². The number of nitrogens with zero attached hydrogens (tertiary/aromatic N) is 1. The lowest BCUT2D eigenvalue weighted by molar-refractivity contribution is -0.115. The van der Waals surface area contributed by atoms with Crippen molar-refractivity contribution in [1.82, 2.24) is 10.3 Å². The molecule has 7 heteroatoms. The Kier molecular flexibility index (Phi) is 6.70. The van der Waals surface area contributed by atoms with Gasteiger partial charge in [0.2, 0.25) is 5.91 Å². The van der Waals surface area contributed by atoms with Crippen LogP contribution in [0.1, 0.15) is 45.4 Å². The van der Waals surface area contributed by atoms with E-state index in [2.05, 4.69) is 15.6 Å². The van der Waals surface area contributed by atoms with Crippen molar-refractivity contribution in [2.24, 2.45) is 0 Å². The van der Waals surface area contributed by atoms with Gasteiger partial charge < -0.3 is 10.4 Å². The highest BCUT2D eigenvalue weighted by Gasteiger charge is 2.17. The molecule has 3 N–H and O–H groups in total. The number of amides is 1. The molecular formula is C18H25N3O2S2. The molecule has 0 saturated heterocycles. The Labute approximate surface area is 156 Å². The average Bonchev–Trinajstić information content (AvgIpc) is 3.03. The lowest BCUT2D eigenvalue weighted by Crippen LogP contribution is -2.40. The molecule has 1 atom stereocenters. The van der Waals surface area contributed by atoms with Gasteiger partial charge in [-0.2, -0.15) is 0 Å². The number of benzene rings is 1. The Morgan fingerprint density at radius 3 is 2.96 bits per heavy atom. The van der Waals surface area contributed by atoms with Crippen molar-refractivity contribution < 1.29 is 9.90 Å². The predicted molar refractivity (Wildman–Crippen MR) is 105 cm³/mol. The number of thioether (sulfide) groups is 1. The summed E-state index contributed by atoms with van der Waals surface area (Å²) >= 11 is 3.17. The molecule has 5 nitrogen and oxygen atoms in total. The Morgan fingerprint density at radius 2 is 2.20 bits per heavy atom. The molecule has 1 amide bonds. The molecular weight excluding hydrogens is 354 g/mol. The first kappa shape index (κ1) is 18.6. The Bertz CT molecular complexity index is 713. The van der Waals surface area contributed by atoms with Crippen molar-refractivity contribution in [2.75, 3.05) is 11.1 Å². The molecule has 0 radical (unpaired) electrons. The summed E-state index contributed by atoms with van der Waals surface area (Å²) in [5, 5.41) is 16.4. The third-order valence-electron chi connectivity index (χ3n) is 4.37. The van der Waals surface area contributed by atoms with Gasteiger partial charge in [0.25, 0.3) is 0 Å².